The highest BCUT2D eigenvalue weighted by Gasteiger charge is 2.09. The van der Waals surface area contributed by atoms with Crippen LogP contribution < -0.4 is 5.32 Å². The second kappa shape index (κ2) is 7.31. The fourth-order valence-electron chi connectivity index (χ4n) is 1.61. The van der Waals surface area contributed by atoms with Gasteiger partial charge in [0, 0.05) is 11.3 Å². The van der Waals surface area contributed by atoms with E-state index in [1.165, 1.54) is 12.1 Å². The zero-order chi connectivity index (χ0) is 14.3. The Morgan fingerprint density at radius 2 is 2.05 bits per heavy atom. The van der Waals surface area contributed by atoms with Crippen LogP contribution in [-0.4, -0.2) is 5.91 Å². The minimum Gasteiger partial charge on any atom is -0.322 e. The molecular formula is C16H18FNO. The first-order valence-electron chi connectivity index (χ1n) is 6.07. The van der Waals surface area contributed by atoms with Gasteiger partial charge in [0.15, 0.2) is 0 Å². The van der Waals surface area contributed by atoms with Crippen molar-refractivity contribution in [2.75, 3.05) is 5.32 Å². The third-order valence-electron chi connectivity index (χ3n) is 2.65. The number of nitrogens with one attached hydrogen (secondary N) is 1. The van der Waals surface area contributed by atoms with E-state index in [0.717, 1.165) is 0 Å². The number of carbonyl (C=O) groups excluding carboxylic acids is 1. The van der Waals surface area contributed by atoms with E-state index in [2.05, 4.69) is 25.1 Å². The lowest BCUT2D eigenvalue weighted by Crippen LogP contribution is -2.15. The first kappa shape index (κ1) is 14.9. The number of hydrogen-bond acceptors (Lipinski definition) is 1. The molecule has 0 radical (unpaired) electrons. The van der Waals surface area contributed by atoms with Crippen LogP contribution in [0.2, 0.25) is 0 Å². The van der Waals surface area contributed by atoms with E-state index in [1.807, 2.05) is 0 Å². The Labute approximate surface area is 113 Å². The standard InChI is InChI=1S/C16H18FNO/c1-4-6-8-12(3)16(19)18-15-10-9-14(17)11-13(15)7-5-2/h4-5,9-11H,1-3,6-8H2,(H,18,19). The Morgan fingerprint density at radius 1 is 1.32 bits per heavy atom. The van der Waals surface area contributed by atoms with Crippen LogP contribution in [-0.2, 0) is 11.2 Å². The van der Waals surface area contributed by atoms with Gasteiger partial charge in [-0.1, -0.05) is 18.7 Å². The number of amides is 1. The highest BCUT2D eigenvalue weighted by atomic mass is 19.1. The molecule has 0 saturated heterocycles. The van der Waals surface area contributed by atoms with Gasteiger partial charge in [0.05, 0.1) is 0 Å². The molecule has 0 unspecified atom stereocenters. The molecule has 3 heteroatoms. The van der Waals surface area contributed by atoms with E-state index in [1.54, 1.807) is 18.2 Å². The molecule has 1 amide bonds. The molecule has 0 heterocycles. The third-order valence-corrected chi connectivity index (χ3v) is 2.65. The molecule has 0 aliphatic carbocycles. The van der Waals surface area contributed by atoms with E-state index < -0.39 is 0 Å². The van der Waals surface area contributed by atoms with Crippen LogP contribution >= 0.6 is 0 Å². The molecule has 0 bridgehead atoms. The number of halogens is 1. The third kappa shape index (κ3) is 4.54. The minimum atomic E-state index is -0.333. The topological polar surface area (TPSA) is 29.1 Å². The molecule has 0 aromatic heterocycles. The molecule has 1 N–H and O–H groups in total. The molecule has 1 aromatic rings. The van der Waals surface area contributed by atoms with Crippen LogP contribution in [0.5, 0.6) is 0 Å². The van der Waals surface area contributed by atoms with Gasteiger partial charge in [-0.05, 0) is 43.0 Å². The Kier molecular flexibility index (Phi) is 5.73. The van der Waals surface area contributed by atoms with Gasteiger partial charge in [0.25, 0.3) is 5.91 Å². The normalized spacial score (nSPS) is 9.74. The highest BCUT2D eigenvalue weighted by molar-refractivity contribution is 6.03. The van der Waals surface area contributed by atoms with Crippen LogP contribution in [0.1, 0.15) is 18.4 Å². The van der Waals surface area contributed by atoms with Crippen molar-refractivity contribution >= 4 is 11.6 Å². The second-order valence-corrected chi connectivity index (χ2v) is 4.18. The zero-order valence-electron chi connectivity index (χ0n) is 10.9. The van der Waals surface area contributed by atoms with Crippen molar-refractivity contribution in [3.05, 3.63) is 67.0 Å². The Hall–Kier alpha value is -2.16. The molecule has 0 spiro atoms. The van der Waals surface area contributed by atoms with Crippen LogP contribution in [0.25, 0.3) is 0 Å². The van der Waals surface area contributed by atoms with E-state index in [-0.39, 0.29) is 11.7 Å². The molecule has 100 valence electrons. The van der Waals surface area contributed by atoms with Crippen molar-refractivity contribution in [2.45, 2.75) is 19.3 Å². The summed E-state index contributed by atoms with van der Waals surface area (Å²) < 4.78 is 13.2. The maximum absolute atomic E-state index is 13.2. The predicted molar refractivity (Wildman–Crippen MR) is 77.5 cm³/mol. The van der Waals surface area contributed by atoms with E-state index in [9.17, 15) is 9.18 Å². The lowest BCUT2D eigenvalue weighted by Gasteiger charge is -2.11. The zero-order valence-corrected chi connectivity index (χ0v) is 10.9. The molecule has 0 saturated carbocycles. The molecular weight excluding hydrogens is 241 g/mol. The quantitative estimate of drug-likeness (QED) is 0.581. The summed E-state index contributed by atoms with van der Waals surface area (Å²) in [4.78, 5) is 11.9. The molecule has 0 atom stereocenters. The lowest BCUT2D eigenvalue weighted by atomic mass is 10.1. The Morgan fingerprint density at radius 3 is 2.68 bits per heavy atom. The van der Waals surface area contributed by atoms with Gasteiger partial charge in [-0.25, -0.2) is 4.39 Å². The van der Waals surface area contributed by atoms with E-state index in [4.69, 9.17) is 0 Å². The summed E-state index contributed by atoms with van der Waals surface area (Å²) in [6, 6.07) is 4.26. The summed E-state index contributed by atoms with van der Waals surface area (Å²) in [6.07, 6.45) is 5.16. The molecule has 0 fully saturated rings. The van der Waals surface area contributed by atoms with Gasteiger partial charge in [-0.15, -0.1) is 13.2 Å². The molecule has 0 aliphatic rings. The fraction of sp³-hybridized carbons (Fsp3) is 0.188. The maximum atomic E-state index is 13.2. The number of hydrogen-bond donors (Lipinski definition) is 1. The summed E-state index contributed by atoms with van der Waals surface area (Å²) in [5, 5.41) is 2.74. The van der Waals surface area contributed by atoms with Crippen molar-refractivity contribution in [1.82, 2.24) is 0 Å². The summed E-state index contributed by atoms with van der Waals surface area (Å²) >= 11 is 0. The molecule has 0 aliphatic heterocycles. The van der Waals surface area contributed by atoms with Crippen molar-refractivity contribution in [1.29, 1.82) is 0 Å². The van der Waals surface area contributed by atoms with Crippen LogP contribution in [0, 0.1) is 5.82 Å². The first-order valence-corrected chi connectivity index (χ1v) is 6.07. The average Bonchev–Trinajstić information content (AvgIpc) is 2.39. The van der Waals surface area contributed by atoms with Gasteiger partial charge in [0.2, 0.25) is 0 Å². The summed E-state index contributed by atoms with van der Waals surface area (Å²) in [6.45, 7) is 10.9. The first-order chi connectivity index (χ1) is 9.08. The molecule has 1 aromatic carbocycles. The Bertz CT molecular complexity index is 505. The summed E-state index contributed by atoms with van der Waals surface area (Å²) in [5.41, 5.74) is 1.76. The van der Waals surface area contributed by atoms with Gasteiger partial charge in [-0.3, -0.25) is 4.79 Å². The Balaban J connectivity index is 2.80. The number of benzene rings is 1. The lowest BCUT2D eigenvalue weighted by molar-refractivity contribution is -0.113. The van der Waals surface area contributed by atoms with Crippen molar-refractivity contribution < 1.29 is 9.18 Å². The maximum Gasteiger partial charge on any atom is 0.251 e. The number of allylic oxidation sites excluding steroid dienone is 2. The second-order valence-electron chi connectivity index (χ2n) is 4.18. The van der Waals surface area contributed by atoms with Gasteiger partial charge >= 0.3 is 0 Å². The number of anilines is 1. The summed E-state index contributed by atoms with van der Waals surface area (Å²) in [5.74, 6) is -0.584. The van der Waals surface area contributed by atoms with Crippen LogP contribution in [0.15, 0.2) is 55.7 Å². The van der Waals surface area contributed by atoms with Crippen LogP contribution in [0.3, 0.4) is 0 Å². The summed E-state index contributed by atoms with van der Waals surface area (Å²) in [7, 11) is 0. The largest absolute Gasteiger partial charge is 0.322 e. The van der Waals surface area contributed by atoms with Gasteiger partial charge < -0.3 is 5.32 Å². The van der Waals surface area contributed by atoms with Crippen molar-refractivity contribution in [3.63, 3.8) is 0 Å². The molecule has 1 rings (SSSR count). The van der Waals surface area contributed by atoms with Crippen molar-refractivity contribution in [3.8, 4) is 0 Å². The van der Waals surface area contributed by atoms with Crippen LogP contribution in [0.4, 0.5) is 10.1 Å². The average molecular weight is 259 g/mol. The number of carbonyl (C=O) groups is 1. The van der Waals surface area contributed by atoms with Gasteiger partial charge in [0.1, 0.15) is 5.82 Å². The van der Waals surface area contributed by atoms with E-state index in [0.29, 0.717) is 36.1 Å². The smallest absolute Gasteiger partial charge is 0.251 e. The monoisotopic (exact) mass is 259 g/mol. The predicted octanol–water partition coefficient (Wildman–Crippen LogP) is 4.02. The SMILES string of the molecule is C=CCCC(=C)C(=O)Nc1ccc(F)cc1CC=C. The minimum absolute atomic E-state index is 0.251. The van der Waals surface area contributed by atoms with Crippen molar-refractivity contribution in [2.24, 2.45) is 0 Å². The molecule has 2 nitrogen and oxygen atoms in total. The molecule has 19 heavy (non-hydrogen) atoms. The highest BCUT2D eigenvalue weighted by Crippen LogP contribution is 2.19. The number of rotatable bonds is 7. The van der Waals surface area contributed by atoms with E-state index >= 15 is 0 Å². The fourth-order valence-corrected chi connectivity index (χ4v) is 1.61. The van der Waals surface area contributed by atoms with Gasteiger partial charge in [-0.2, -0.15) is 0 Å².